The van der Waals surface area contributed by atoms with Crippen molar-refractivity contribution in [2.75, 3.05) is 55.3 Å². The van der Waals surface area contributed by atoms with Crippen molar-refractivity contribution in [1.29, 1.82) is 0 Å². The SMILES string of the molecule is CCOC(=O)c1c(C)oc2cc(Br)c(NS(=O)(=O)c3ccc(OC)cc3)c(Br)c12.CCOC(=O)c1c(C)oc2cc(Br)c(NS(=O)(=O)c3ccc(OC)cc3)cc12.CCOC(=O)c1c(C)oc2ccc(NS(=O)(=O)c3ccc(OC)cc3)c(Br)c12. The third-order valence-electron chi connectivity index (χ3n) is 12.2. The van der Waals surface area contributed by atoms with E-state index in [0.29, 0.717) is 85.3 Å². The number of halogens is 4. The number of nitrogens with one attached hydrogen (secondary N) is 3. The number of anilines is 3. The van der Waals surface area contributed by atoms with Gasteiger partial charge in [0.25, 0.3) is 30.1 Å². The van der Waals surface area contributed by atoms with Crippen molar-refractivity contribution in [3.8, 4) is 17.2 Å². The molecule has 0 amide bonds. The number of aryl methyl sites for hydroxylation is 3. The number of hydrogen-bond donors (Lipinski definition) is 3. The molecule has 0 atom stereocenters. The number of ether oxygens (including phenoxy) is 6. The maximum Gasteiger partial charge on any atom is 0.342 e. The summed E-state index contributed by atoms with van der Waals surface area (Å²) in [6, 6.07) is 25.9. The first-order valence-electron chi connectivity index (χ1n) is 25.1. The number of carbonyl (C=O) groups excluding carboxylic acids is 3. The molecule has 21 nitrogen and oxygen atoms in total. The van der Waals surface area contributed by atoms with Gasteiger partial charge in [-0.2, -0.15) is 0 Å². The molecular formula is C57H53Br4N3O18S3. The van der Waals surface area contributed by atoms with Crippen molar-refractivity contribution in [3.05, 3.63) is 155 Å². The highest BCUT2D eigenvalue weighted by Crippen LogP contribution is 2.43. The van der Waals surface area contributed by atoms with Crippen LogP contribution in [0.2, 0.25) is 0 Å². The van der Waals surface area contributed by atoms with Gasteiger partial charge in [0.05, 0.1) is 92.6 Å². The van der Waals surface area contributed by atoms with E-state index in [-0.39, 0.29) is 68.3 Å². The smallest absolute Gasteiger partial charge is 0.342 e. The normalized spacial score (nSPS) is 11.4. The summed E-state index contributed by atoms with van der Waals surface area (Å²) in [7, 11) is -7.09. The molecule has 85 heavy (non-hydrogen) atoms. The first-order valence-corrected chi connectivity index (χ1v) is 32.7. The minimum atomic E-state index is -3.90. The zero-order valence-electron chi connectivity index (χ0n) is 46.5. The number of esters is 3. The lowest BCUT2D eigenvalue weighted by atomic mass is 10.1. The average Bonchev–Trinajstić information content (AvgIpc) is 1.86. The minimum Gasteiger partial charge on any atom is -0.497 e. The fraction of sp³-hybridized carbons (Fsp3) is 0.211. The molecule has 0 spiro atoms. The highest BCUT2D eigenvalue weighted by molar-refractivity contribution is 9.11. The van der Waals surface area contributed by atoms with E-state index in [1.165, 1.54) is 57.7 Å². The van der Waals surface area contributed by atoms with Gasteiger partial charge >= 0.3 is 17.9 Å². The van der Waals surface area contributed by atoms with Crippen molar-refractivity contribution in [2.45, 2.75) is 56.2 Å². The second kappa shape index (κ2) is 27.5. The van der Waals surface area contributed by atoms with Crippen LogP contribution in [0, 0.1) is 20.8 Å². The van der Waals surface area contributed by atoms with Crippen molar-refractivity contribution >= 4 is 162 Å². The predicted molar refractivity (Wildman–Crippen MR) is 333 cm³/mol. The molecule has 6 aromatic carbocycles. The molecule has 28 heteroatoms. The van der Waals surface area contributed by atoms with Gasteiger partial charge in [-0.1, -0.05) is 0 Å². The monoisotopic (exact) mass is 1480 g/mol. The lowest BCUT2D eigenvalue weighted by Gasteiger charge is -2.13. The molecule has 0 aliphatic heterocycles. The fourth-order valence-corrected chi connectivity index (χ4v) is 14.6. The van der Waals surface area contributed by atoms with Crippen LogP contribution in [0.1, 0.15) is 69.1 Å². The molecule has 3 heterocycles. The summed E-state index contributed by atoms with van der Waals surface area (Å²) in [5.41, 5.74) is 2.86. The van der Waals surface area contributed by atoms with Gasteiger partial charge in [-0.25, -0.2) is 39.6 Å². The molecule has 9 aromatic rings. The number of sulfonamides is 3. The third kappa shape index (κ3) is 14.6. The van der Waals surface area contributed by atoms with Crippen LogP contribution in [0.5, 0.6) is 17.2 Å². The van der Waals surface area contributed by atoms with Crippen LogP contribution in [-0.2, 0) is 44.3 Å². The molecule has 9 rings (SSSR count). The van der Waals surface area contributed by atoms with Gasteiger partial charge in [0, 0.05) is 14.3 Å². The van der Waals surface area contributed by atoms with Crippen LogP contribution < -0.4 is 28.4 Å². The van der Waals surface area contributed by atoms with Crippen LogP contribution in [0.4, 0.5) is 17.1 Å². The zero-order valence-corrected chi connectivity index (χ0v) is 55.3. The predicted octanol–water partition coefficient (Wildman–Crippen LogP) is 14.2. The van der Waals surface area contributed by atoms with E-state index in [2.05, 4.69) is 77.9 Å². The lowest BCUT2D eigenvalue weighted by molar-refractivity contribution is 0.0516. The van der Waals surface area contributed by atoms with Crippen molar-refractivity contribution in [1.82, 2.24) is 0 Å². The Morgan fingerprint density at radius 3 is 1.24 bits per heavy atom. The Bertz CT molecular complexity index is 4260. The highest BCUT2D eigenvalue weighted by atomic mass is 79.9. The Morgan fingerprint density at radius 2 is 0.800 bits per heavy atom. The van der Waals surface area contributed by atoms with Crippen molar-refractivity contribution in [3.63, 3.8) is 0 Å². The van der Waals surface area contributed by atoms with Crippen molar-refractivity contribution in [2.24, 2.45) is 0 Å². The molecule has 0 bridgehead atoms. The Morgan fingerprint density at radius 1 is 0.435 bits per heavy atom. The maximum atomic E-state index is 12.9. The number of furan rings is 3. The van der Waals surface area contributed by atoms with E-state index in [1.54, 1.807) is 108 Å². The van der Waals surface area contributed by atoms with Gasteiger partial charge in [-0.15, -0.1) is 0 Å². The number of hydrogen-bond acceptors (Lipinski definition) is 18. The maximum absolute atomic E-state index is 12.9. The van der Waals surface area contributed by atoms with Crippen LogP contribution in [0.3, 0.4) is 0 Å². The first-order chi connectivity index (χ1) is 40.2. The van der Waals surface area contributed by atoms with E-state index in [9.17, 15) is 39.6 Å². The number of methoxy groups -OCH3 is 3. The second-order valence-electron chi connectivity index (χ2n) is 17.7. The Kier molecular flexibility index (Phi) is 21.2. The Balaban J connectivity index is 0.000000183. The van der Waals surface area contributed by atoms with Gasteiger partial charge < -0.3 is 41.7 Å². The first kappa shape index (κ1) is 65.5. The van der Waals surface area contributed by atoms with E-state index in [1.807, 2.05) is 0 Å². The molecule has 3 N–H and O–H groups in total. The Hall–Kier alpha value is -7.08. The molecule has 0 fully saturated rings. The van der Waals surface area contributed by atoms with E-state index in [4.69, 9.17) is 41.7 Å². The summed E-state index contributed by atoms with van der Waals surface area (Å²) >= 11 is 13.5. The summed E-state index contributed by atoms with van der Waals surface area (Å²) < 4.78 is 133. The van der Waals surface area contributed by atoms with E-state index in [0.717, 1.165) is 0 Å². The molecule has 0 aliphatic carbocycles. The molecule has 3 aromatic heterocycles. The zero-order chi connectivity index (χ0) is 62.3. The number of rotatable bonds is 18. The van der Waals surface area contributed by atoms with Gasteiger partial charge in [0.2, 0.25) is 0 Å². The fourth-order valence-electron chi connectivity index (χ4n) is 8.28. The van der Waals surface area contributed by atoms with Crippen molar-refractivity contribution < 1.29 is 81.3 Å². The summed E-state index contributed by atoms with van der Waals surface area (Å²) in [4.78, 5) is 37.2. The van der Waals surface area contributed by atoms with Crippen LogP contribution in [0.15, 0.2) is 149 Å². The van der Waals surface area contributed by atoms with E-state index >= 15 is 0 Å². The Labute approximate surface area is 522 Å². The van der Waals surface area contributed by atoms with Crippen LogP contribution in [0.25, 0.3) is 32.9 Å². The number of carbonyl (C=O) groups is 3. The lowest BCUT2D eigenvalue weighted by Crippen LogP contribution is -2.14. The average molecular weight is 1480 g/mol. The van der Waals surface area contributed by atoms with E-state index < -0.39 is 48.0 Å². The standard InChI is InChI=1S/C19H17Br2NO6S.2C19H18BrNO6S/c1-4-27-19(23)15-10(2)28-14-9-13(20)18(17(21)16(14)15)22-29(24,25)12-7-5-11(26-3)6-8-12;1-4-26-19(22)18-11(2)27-17-10-15(20)16(9-14(17)18)21-28(23,24)13-7-5-12(25-3)6-8-13;1-4-26-19(22)16-11(2)27-15-10-9-14(18(20)17(15)16)21-28(23,24)13-7-5-12(25-3)6-8-13/h5-9,22H,4H2,1-3H3;2*5-10,21H,4H2,1-3H3. The molecule has 0 aliphatic rings. The highest BCUT2D eigenvalue weighted by Gasteiger charge is 2.29. The molecule has 0 saturated carbocycles. The van der Waals surface area contributed by atoms with Gasteiger partial charge in [0.15, 0.2) is 0 Å². The quantitative estimate of drug-likeness (QED) is 0.0531. The molecule has 0 saturated heterocycles. The topological polar surface area (TPSA) is 285 Å². The van der Waals surface area contributed by atoms with Crippen LogP contribution in [-0.4, -0.2) is 84.3 Å². The van der Waals surface area contributed by atoms with Gasteiger partial charge in [-0.05, 0) is 208 Å². The van der Waals surface area contributed by atoms with Gasteiger partial charge in [-0.3, -0.25) is 14.2 Å². The second-order valence-corrected chi connectivity index (χ2v) is 26.0. The van der Waals surface area contributed by atoms with Gasteiger partial charge in [0.1, 0.15) is 68.0 Å². The molecule has 0 radical (unpaired) electrons. The molecule has 450 valence electrons. The number of fused-ring (bicyclic) bond motifs is 3. The largest absolute Gasteiger partial charge is 0.497 e. The summed E-state index contributed by atoms with van der Waals surface area (Å²) in [6.45, 7) is 10.7. The summed E-state index contributed by atoms with van der Waals surface area (Å²) in [6.07, 6.45) is 0. The summed E-state index contributed by atoms with van der Waals surface area (Å²) in [5.74, 6) is 1.21. The summed E-state index contributed by atoms with van der Waals surface area (Å²) in [5, 5.41) is 1.34. The number of benzene rings is 6. The molecular weight excluding hydrogens is 1430 g/mol. The third-order valence-corrected chi connectivity index (χ3v) is 19.3. The minimum absolute atomic E-state index is 0.0613. The van der Waals surface area contributed by atoms with Crippen LogP contribution >= 0.6 is 63.7 Å². The molecule has 0 unspecified atom stereocenters.